The summed E-state index contributed by atoms with van der Waals surface area (Å²) < 4.78 is 12.3. The number of carbonyl (C=O) groups is 2. The first-order valence-electron chi connectivity index (χ1n) is 10.4. The molecule has 3 heterocycles. The van der Waals surface area contributed by atoms with E-state index >= 15 is 0 Å². The zero-order valence-corrected chi connectivity index (χ0v) is 19.1. The fourth-order valence-corrected chi connectivity index (χ4v) is 4.20. The summed E-state index contributed by atoms with van der Waals surface area (Å²) in [5, 5.41) is 0. The number of aromatic nitrogens is 1. The fourth-order valence-electron chi connectivity index (χ4n) is 3.91. The number of ether oxygens (including phenoxy) is 1. The maximum atomic E-state index is 12.5. The monoisotopic (exact) mass is 446 g/mol. The molecule has 0 bridgehead atoms. The fraction of sp³-hybridized carbons (Fsp3) is 0.524. The number of hydrogen-bond donors (Lipinski definition) is 0. The van der Waals surface area contributed by atoms with E-state index in [1.54, 1.807) is 4.90 Å². The molecule has 2 aliphatic heterocycles. The molecule has 31 heavy (non-hydrogen) atoms. The molecule has 2 unspecified atom stereocenters. The molecule has 1 aromatic heterocycles. The Hall–Kier alpha value is -2.67. The lowest BCUT2D eigenvalue weighted by atomic mass is 10.1. The van der Waals surface area contributed by atoms with E-state index in [9.17, 15) is 14.4 Å². The average Bonchev–Trinajstić information content (AvgIpc) is 3.02. The van der Waals surface area contributed by atoms with Crippen molar-refractivity contribution in [1.29, 1.82) is 0 Å². The van der Waals surface area contributed by atoms with Crippen LogP contribution >= 0.6 is 9.24 Å². The van der Waals surface area contributed by atoms with Crippen molar-refractivity contribution in [2.45, 2.75) is 45.3 Å². The summed E-state index contributed by atoms with van der Waals surface area (Å²) in [5.41, 5.74) is 2.10. The molecule has 2 atom stereocenters. The van der Waals surface area contributed by atoms with Crippen LogP contribution in [0.25, 0.3) is 11.1 Å². The lowest BCUT2D eigenvalue weighted by Gasteiger charge is -2.36. The van der Waals surface area contributed by atoms with Gasteiger partial charge in [0.2, 0.25) is 0 Å². The van der Waals surface area contributed by atoms with Gasteiger partial charge in [-0.05, 0) is 45.7 Å². The number of piperazine rings is 1. The molecular weight excluding hydrogens is 419 g/mol. The average molecular weight is 446 g/mol. The summed E-state index contributed by atoms with van der Waals surface area (Å²) in [6.07, 6.45) is 0.851. The molecule has 2 amide bonds. The molecule has 10 heteroatoms. The highest BCUT2D eigenvalue weighted by Gasteiger charge is 2.29. The number of anilines is 1. The summed E-state index contributed by atoms with van der Waals surface area (Å²) in [5.74, 6) is -0.883. The molecule has 0 radical (unpaired) electrons. The molecular formula is C21H27N4O5P. The topological polar surface area (TPSA) is 97.3 Å². The maximum absolute atomic E-state index is 12.5. The molecule has 0 aliphatic carbocycles. The van der Waals surface area contributed by atoms with Crippen LogP contribution in [0.3, 0.4) is 0 Å². The third-order valence-corrected chi connectivity index (χ3v) is 5.84. The summed E-state index contributed by atoms with van der Waals surface area (Å²) in [4.78, 5) is 44.9. The highest BCUT2D eigenvalue weighted by Crippen LogP contribution is 2.29. The highest BCUT2D eigenvalue weighted by molar-refractivity contribution is 7.40. The Balaban J connectivity index is 1.51. The lowest BCUT2D eigenvalue weighted by Crippen LogP contribution is -2.50. The van der Waals surface area contributed by atoms with Gasteiger partial charge in [-0.2, -0.15) is 0 Å². The summed E-state index contributed by atoms with van der Waals surface area (Å²) in [6, 6.07) is 4.90. The van der Waals surface area contributed by atoms with Crippen LogP contribution in [-0.4, -0.2) is 58.7 Å². The molecule has 166 valence electrons. The van der Waals surface area contributed by atoms with Crippen molar-refractivity contribution in [3.63, 3.8) is 0 Å². The van der Waals surface area contributed by atoms with E-state index in [4.69, 9.17) is 9.15 Å². The van der Waals surface area contributed by atoms with Gasteiger partial charge < -0.3 is 19.0 Å². The number of rotatable bonds is 2. The Kier molecular flexibility index (Phi) is 5.64. The number of amides is 2. The number of aliphatic imine (C=N–C) groups is 1. The van der Waals surface area contributed by atoms with E-state index in [0.29, 0.717) is 55.6 Å². The van der Waals surface area contributed by atoms with Gasteiger partial charge in [0.15, 0.2) is 5.58 Å². The van der Waals surface area contributed by atoms with Crippen LogP contribution in [0.1, 0.15) is 39.7 Å². The van der Waals surface area contributed by atoms with Crippen molar-refractivity contribution in [2.75, 3.05) is 31.1 Å². The number of oxazole rings is 1. The molecule has 2 aliphatic rings. The van der Waals surface area contributed by atoms with E-state index < -0.39 is 17.4 Å². The highest BCUT2D eigenvalue weighted by atomic mass is 31.0. The smallest absolute Gasteiger partial charge is 0.420 e. The van der Waals surface area contributed by atoms with Gasteiger partial charge in [-0.25, -0.2) is 14.6 Å². The summed E-state index contributed by atoms with van der Waals surface area (Å²) in [6.45, 7) is 7.93. The zero-order valence-electron chi connectivity index (χ0n) is 18.0. The second kappa shape index (κ2) is 8.11. The van der Waals surface area contributed by atoms with E-state index in [-0.39, 0.29) is 12.0 Å². The maximum Gasteiger partial charge on any atom is 0.420 e. The molecule has 0 saturated carbocycles. The van der Waals surface area contributed by atoms with Crippen molar-refractivity contribution in [3.8, 4) is 0 Å². The predicted molar refractivity (Wildman–Crippen MR) is 121 cm³/mol. The molecule has 9 nitrogen and oxygen atoms in total. The SMILES string of the molecule is CC(C)(C)OC(=O)N1CCN(c2ccc3c(c2)oc(=O)n3C2CCC(P)=NC2=O)CC1. The Labute approximate surface area is 182 Å². The predicted octanol–water partition coefficient (Wildman–Crippen LogP) is 2.79. The van der Waals surface area contributed by atoms with E-state index in [1.807, 2.05) is 39.0 Å². The van der Waals surface area contributed by atoms with Gasteiger partial charge in [-0.1, -0.05) is 9.24 Å². The molecule has 1 fully saturated rings. The summed E-state index contributed by atoms with van der Waals surface area (Å²) >= 11 is 0. The third kappa shape index (κ3) is 4.51. The Morgan fingerprint density at radius 1 is 1.19 bits per heavy atom. The largest absolute Gasteiger partial charge is 0.444 e. The number of benzene rings is 1. The standard InChI is InChI=1S/C21H27N4O5P/c1-21(2,3)30-19(27)24-10-8-23(9-11-24)13-4-5-14-16(12-13)29-20(28)25(14)15-6-7-17(31)22-18(15)26/h4-5,12,15H,6-11,31H2,1-3H3. The van der Waals surface area contributed by atoms with Crippen molar-refractivity contribution in [2.24, 2.45) is 4.99 Å². The lowest BCUT2D eigenvalue weighted by molar-refractivity contribution is -0.121. The van der Waals surface area contributed by atoms with E-state index in [0.717, 1.165) is 5.69 Å². The van der Waals surface area contributed by atoms with Crippen LogP contribution in [-0.2, 0) is 9.53 Å². The second-order valence-electron chi connectivity index (χ2n) is 8.84. The molecule has 4 rings (SSSR count). The number of fused-ring (bicyclic) bond motifs is 1. The van der Waals surface area contributed by atoms with Crippen LogP contribution in [0.15, 0.2) is 32.4 Å². The number of hydrogen-bond acceptors (Lipinski definition) is 6. The molecule has 0 N–H and O–H groups in total. The van der Waals surface area contributed by atoms with Crippen LogP contribution < -0.4 is 10.7 Å². The van der Waals surface area contributed by atoms with Crippen molar-refractivity contribution in [1.82, 2.24) is 9.47 Å². The molecule has 1 saturated heterocycles. The molecule has 2 aromatic rings. The number of nitrogens with zero attached hydrogens (tertiary/aromatic N) is 4. The zero-order chi connectivity index (χ0) is 22.3. The normalized spacial score (nSPS) is 20.2. The van der Waals surface area contributed by atoms with Gasteiger partial charge in [0.25, 0.3) is 5.91 Å². The van der Waals surface area contributed by atoms with Crippen LogP contribution in [0.2, 0.25) is 0 Å². The second-order valence-corrected chi connectivity index (χ2v) is 9.51. The molecule has 0 spiro atoms. The minimum absolute atomic E-state index is 0.306. The Bertz CT molecular complexity index is 1110. The van der Waals surface area contributed by atoms with Crippen molar-refractivity contribution in [3.05, 3.63) is 28.7 Å². The van der Waals surface area contributed by atoms with Crippen LogP contribution in [0.4, 0.5) is 10.5 Å². The Morgan fingerprint density at radius 3 is 2.55 bits per heavy atom. The van der Waals surface area contributed by atoms with Crippen molar-refractivity contribution >= 4 is 43.5 Å². The quantitative estimate of drug-likeness (QED) is 0.658. The summed E-state index contributed by atoms with van der Waals surface area (Å²) in [7, 11) is 2.45. The minimum Gasteiger partial charge on any atom is -0.444 e. The van der Waals surface area contributed by atoms with E-state index in [2.05, 4.69) is 19.1 Å². The van der Waals surface area contributed by atoms with Crippen LogP contribution in [0, 0.1) is 0 Å². The van der Waals surface area contributed by atoms with Gasteiger partial charge in [-0.3, -0.25) is 9.36 Å². The van der Waals surface area contributed by atoms with E-state index in [1.165, 1.54) is 4.57 Å². The third-order valence-electron chi connectivity index (χ3n) is 5.42. The van der Waals surface area contributed by atoms with Crippen LogP contribution in [0.5, 0.6) is 0 Å². The first-order chi connectivity index (χ1) is 14.6. The first-order valence-corrected chi connectivity index (χ1v) is 10.9. The van der Waals surface area contributed by atoms with Gasteiger partial charge in [0, 0.05) is 43.4 Å². The van der Waals surface area contributed by atoms with Crippen molar-refractivity contribution < 1.29 is 18.7 Å². The number of carbonyl (C=O) groups excluding carboxylic acids is 2. The van der Waals surface area contributed by atoms with Gasteiger partial charge >= 0.3 is 11.8 Å². The van der Waals surface area contributed by atoms with Gasteiger partial charge in [-0.15, -0.1) is 0 Å². The van der Waals surface area contributed by atoms with Gasteiger partial charge in [0.1, 0.15) is 11.6 Å². The minimum atomic E-state index is -0.638. The van der Waals surface area contributed by atoms with Gasteiger partial charge in [0.05, 0.1) is 5.52 Å². The first kappa shape index (κ1) is 21.6. The molecule has 1 aromatic carbocycles. The Morgan fingerprint density at radius 2 is 1.90 bits per heavy atom.